The maximum atomic E-state index is 5.95. The van der Waals surface area contributed by atoms with Gasteiger partial charge >= 0.3 is 0 Å². The molecule has 3 atom stereocenters. The third-order valence-electron chi connectivity index (χ3n) is 5.35. The van der Waals surface area contributed by atoms with E-state index in [0.29, 0.717) is 6.04 Å². The van der Waals surface area contributed by atoms with E-state index in [-0.39, 0.29) is 5.60 Å². The molecule has 0 amide bonds. The summed E-state index contributed by atoms with van der Waals surface area (Å²) in [7, 11) is 4.00. The van der Waals surface area contributed by atoms with Gasteiger partial charge in [-0.3, -0.25) is 0 Å². The molecule has 2 heteroatoms. The van der Waals surface area contributed by atoms with E-state index in [4.69, 9.17) is 4.74 Å². The first-order valence-electron chi connectivity index (χ1n) is 7.89. The van der Waals surface area contributed by atoms with E-state index in [1.54, 1.807) is 0 Å². The predicted molar refractivity (Wildman–Crippen MR) is 78.9 cm³/mol. The first-order valence-corrected chi connectivity index (χ1v) is 7.89. The molecule has 2 nitrogen and oxygen atoms in total. The molecule has 0 saturated heterocycles. The minimum Gasteiger partial charge on any atom is -0.377 e. The van der Waals surface area contributed by atoms with Gasteiger partial charge in [0.1, 0.15) is 0 Å². The van der Waals surface area contributed by atoms with Gasteiger partial charge in [0.2, 0.25) is 0 Å². The van der Waals surface area contributed by atoms with Gasteiger partial charge in [0.15, 0.2) is 0 Å². The first kappa shape index (κ1) is 16.0. The molecule has 1 aliphatic rings. The van der Waals surface area contributed by atoms with Crippen molar-refractivity contribution in [2.45, 2.75) is 77.4 Å². The molecule has 0 aliphatic heterocycles. The topological polar surface area (TPSA) is 21.3 Å². The number of rotatable bonds is 7. The molecular formula is C16H33NO. The van der Waals surface area contributed by atoms with Gasteiger partial charge in [-0.15, -0.1) is 0 Å². The van der Waals surface area contributed by atoms with Crippen molar-refractivity contribution in [2.75, 3.05) is 14.2 Å². The zero-order valence-corrected chi connectivity index (χ0v) is 13.1. The summed E-state index contributed by atoms with van der Waals surface area (Å²) in [5.41, 5.74) is 0.0229. The van der Waals surface area contributed by atoms with Gasteiger partial charge in [-0.05, 0) is 44.6 Å². The zero-order valence-electron chi connectivity index (χ0n) is 13.1. The summed E-state index contributed by atoms with van der Waals surface area (Å²) >= 11 is 0. The van der Waals surface area contributed by atoms with Crippen LogP contribution in [0.25, 0.3) is 0 Å². The Morgan fingerprint density at radius 1 is 1.22 bits per heavy atom. The second-order valence-electron chi connectivity index (χ2n) is 5.94. The molecule has 18 heavy (non-hydrogen) atoms. The summed E-state index contributed by atoms with van der Waals surface area (Å²) < 4.78 is 5.95. The SMILES string of the molecule is CCC1CCCC(C(NC)C(CC)(CC)OC)C1. The minimum atomic E-state index is 0.0229. The van der Waals surface area contributed by atoms with Crippen LogP contribution in [0.5, 0.6) is 0 Å². The molecule has 3 unspecified atom stereocenters. The first-order chi connectivity index (χ1) is 8.67. The van der Waals surface area contributed by atoms with Crippen LogP contribution in [0.15, 0.2) is 0 Å². The Labute approximate surface area is 114 Å². The van der Waals surface area contributed by atoms with Gasteiger partial charge in [0, 0.05) is 13.2 Å². The number of ether oxygens (including phenoxy) is 1. The molecule has 1 fully saturated rings. The number of hydrogen-bond donors (Lipinski definition) is 1. The van der Waals surface area contributed by atoms with Crippen molar-refractivity contribution in [1.29, 1.82) is 0 Å². The molecule has 0 aromatic carbocycles. The number of likely N-dealkylation sites (N-methyl/N-ethyl adjacent to an activating group) is 1. The summed E-state index contributed by atoms with van der Waals surface area (Å²) in [4.78, 5) is 0. The summed E-state index contributed by atoms with van der Waals surface area (Å²) in [5.74, 6) is 1.72. The Bertz CT molecular complexity index is 217. The Morgan fingerprint density at radius 3 is 2.33 bits per heavy atom. The Balaban J connectivity index is 2.80. The van der Waals surface area contributed by atoms with E-state index in [1.807, 2.05) is 7.11 Å². The summed E-state index contributed by atoms with van der Waals surface area (Å²) in [6.45, 7) is 6.86. The highest BCUT2D eigenvalue weighted by atomic mass is 16.5. The van der Waals surface area contributed by atoms with E-state index in [0.717, 1.165) is 24.7 Å². The van der Waals surface area contributed by atoms with Crippen molar-refractivity contribution in [3.05, 3.63) is 0 Å². The molecule has 0 heterocycles. The fraction of sp³-hybridized carbons (Fsp3) is 1.00. The standard InChI is InChI=1S/C16H33NO/c1-6-13-10-9-11-14(12-13)15(17-4)16(7-2,8-3)18-5/h13-15,17H,6-12H2,1-5H3. The van der Waals surface area contributed by atoms with Gasteiger partial charge in [0.25, 0.3) is 0 Å². The largest absolute Gasteiger partial charge is 0.377 e. The summed E-state index contributed by atoms with van der Waals surface area (Å²) in [6, 6.07) is 0.506. The lowest BCUT2D eigenvalue weighted by atomic mass is 9.71. The van der Waals surface area contributed by atoms with Crippen molar-refractivity contribution in [3.63, 3.8) is 0 Å². The molecule has 108 valence electrons. The predicted octanol–water partition coefficient (Wildman–Crippen LogP) is 4.00. The molecule has 0 radical (unpaired) electrons. The maximum absolute atomic E-state index is 5.95. The van der Waals surface area contributed by atoms with E-state index >= 15 is 0 Å². The third kappa shape index (κ3) is 3.27. The average molecular weight is 255 g/mol. The van der Waals surface area contributed by atoms with E-state index in [1.165, 1.54) is 32.1 Å². The highest BCUT2D eigenvalue weighted by molar-refractivity contribution is 4.96. The van der Waals surface area contributed by atoms with Crippen molar-refractivity contribution in [1.82, 2.24) is 5.32 Å². The van der Waals surface area contributed by atoms with Crippen LogP contribution in [0.1, 0.15) is 65.7 Å². The number of nitrogens with one attached hydrogen (secondary N) is 1. The second-order valence-corrected chi connectivity index (χ2v) is 5.94. The van der Waals surface area contributed by atoms with Crippen molar-refractivity contribution in [2.24, 2.45) is 11.8 Å². The third-order valence-corrected chi connectivity index (χ3v) is 5.35. The second kappa shape index (κ2) is 7.49. The summed E-state index contributed by atoms with van der Waals surface area (Å²) in [6.07, 6.45) is 9.11. The van der Waals surface area contributed by atoms with Crippen LogP contribution >= 0.6 is 0 Å². The van der Waals surface area contributed by atoms with Crippen molar-refractivity contribution < 1.29 is 4.74 Å². The fourth-order valence-electron chi connectivity index (χ4n) is 4.04. The number of hydrogen-bond acceptors (Lipinski definition) is 2. The van der Waals surface area contributed by atoms with Crippen LogP contribution in [0.2, 0.25) is 0 Å². The van der Waals surface area contributed by atoms with Gasteiger partial charge in [0.05, 0.1) is 5.60 Å². The monoisotopic (exact) mass is 255 g/mol. The van der Waals surface area contributed by atoms with E-state index in [2.05, 4.69) is 33.1 Å². The smallest absolute Gasteiger partial charge is 0.0828 e. The molecule has 0 spiro atoms. The van der Waals surface area contributed by atoms with Crippen LogP contribution in [0.3, 0.4) is 0 Å². The van der Waals surface area contributed by atoms with Crippen LogP contribution < -0.4 is 5.32 Å². The van der Waals surface area contributed by atoms with Gasteiger partial charge in [-0.2, -0.15) is 0 Å². The molecule has 1 saturated carbocycles. The maximum Gasteiger partial charge on any atom is 0.0828 e. The molecule has 0 aromatic heterocycles. The molecule has 0 aromatic rings. The zero-order chi connectivity index (χ0) is 13.6. The summed E-state index contributed by atoms with van der Waals surface area (Å²) in [5, 5.41) is 3.59. The van der Waals surface area contributed by atoms with Gasteiger partial charge < -0.3 is 10.1 Å². The molecule has 1 rings (SSSR count). The van der Waals surface area contributed by atoms with Crippen LogP contribution in [0, 0.1) is 11.8 Å². The normalized spacial score (nSPS) is 27.2. The quantitative estimate of drug-likeness (QED) is 0.742. The molecule has 1 N–H and O–H groups in total. The Kier molecular flexibility index (Phi) is 6.65. The van der Waals surface area contributed by atoms with Gasteiger partial charge in [-0.1, -0.05) is 40.0 Å². The lowest BCUT2D eigenvalue weighted by Crippen LogP contribution is -2.55. The highest BCUT2D eigenvalue weighted by Gasteiger charge is 2.41. The van der Waals surface area contributed by atoms with E-state index < -0.39 is 0 Å². The lowest BCUT2D eigenvalue weighted by molar-refractivity contribution is -0.0676. The number of methoxy groups -OCH3 is 1. The fourth-order valence-corrected chi connectivity index (χ4v) is 4.04. The van der Waals surface area contributed by atoms with Crippen molar-refractivity contribution >= 4 is 0 Å². The van der Waals surface area contributed by atoms with E-state index in [9.17, 15) is 0 Å². The average Bonchev–Trinajstić information content (AvgIpc) is 2.45. The van der Waals surface area contributed by atoms with Crippen LogP contribution in [-0.2, 0) is 4.74 Å². The Hall–Kier alpha value is -0.0800. The minimum absolute atomic E-state index is 0.0229. The van der Waals surface area contributed by atoms with Gasteiger partial charge in [-0.25, -0.2) is 0 Å². The Morgan fingerprint density at radius 2 is 1.89 bits per heavy atom. The lowest BCUT2D eigenvalue weighted by Gasteiger charge is -2.45. The van der Waals surface area contributed by atoms with Crippen molar-refractivity contribution in [3.8, 4) is 0 Å². The molecule has 0 bridgehead atoms. The van der Waals surface area contributed by atoms with Crippen LogP contribution in [0.4, 0.5) is 0 Å². The highest BCUT2D eigenvalue weighted by Crippen LogP contribution is 2.38. The molecule has 1 aliphatic carbocycles. The molecular weight excluding hydrogens is 222 g/mol. The van der Waals surface area contributed by atoms with Crippen LogP contribution in [-0.4, -0.2) is 25.8 Å².